The second kappa shape index (κ2) is 11.8. The van der Waals surface area contributed by atoms with E-state index >= 15 is 0 Å². The third-order valence-corrected chi connectivity index (χ3v) is 5.51. The number of nitro groups is 1. The molecule has 0 atom stereocenters. The van der Waals surface area contributed by atoms with Crippen LogP contribution in [0.3, 0.4) is 0 Å². The van der Waals surface area contributed by atoms with Crippen LogP contribution in [0.15, 0.2) is 70.7 Å². The minimum atomic E-state index is -0.697. The summed E-state index contributed by atoms with van der Waals surface area (Å²) in [6.45, 7) is 4.59. The summed E-state index contributed by atoms with van der Waals surface area (Å²) in [5.41, 5.74) is 2.52. The molecule has 3 rings (SSSR count). The number of hydrogen-bond acceptors (Lipinski definition) is 6. The predicted octanol–water partition coefficient (Wildman–Crippen LogP) is 6.19. The fourth-order valence-electron chi connectivity index (χ4n) is 3.21. The summed E-state index contributed by atoms with van der Waals surface area (Å²) in [5, 5.41) is 23.1. The topological polar surface area (TPSA) is 114 Å². The number of rotatable bonds is 9. The SMILES string of the molecule is CCOc1cc(/C=C(\C#N)C(=O)Nc2cccc([N+](=O)[O-])c2)c(Br)cc1OCc1cccc(C)c1. The number of non-ortho nitro benzene ring substituents is 1. The number of nitrogens with zero attached hydrogens (tertiary/aromatic N) is 2. The number of nitriles is 1. The van der Waals surface area contributed by atoms with Crippen LogP contribution in [-0.4, -0.2) is 17.4 Å². The zero-order valence-electron chi connectivity index (χ0n) is 19.1. The molecule has 8 nitrogen and oxygen atoms in total. The average Bonchev–Trinajstić information content (AvgIpc) is 2.83. The van der Waals surface area contributed by atoms with Gasteiger partial charge in [0, 0.05) is 22.3 Å². The maximum Gasteiger partial charge on any atom is 0.271 e. The van der Waals surface area contributed by atoms with Crippen LogP contribution in [0.25, 0.3) is 6.08 Å². The van der Waals surface area contributed by atoms with Crippen LogP contribution >= 0.6 is 15.9 Å². The Morgan fingerprint density at radius 3 is 2.57 bits per heavy atom. The molecule has 0 bridgehead atoms. The first-order valence-electron chi connectivity index (χ1n) is 10.6. The van der Waals surface area contributed by atoms with E-state index in [9.17, 15) is 20.2 Å². The van der Waals surface area contributed by atoms with Crippen molar-refractivity contribution in [2.75, 3.05) is 11.9 Å². The minimum Gasteiger partial charge on any atom is -0.490 e. The van der Waals surface area contributed by atoms with E-state index < -0.39 is 10.8 Å². The summed E-state index contributed by atoms with van der Waals surface area (Å²) in [6.07, 6.45) is 1.41. The van der Waals surface area contributed by atoms with Crippen molar-refractivity contribution < 1.29 is 19.2 Å². The second-order valence-corrected chi connectivity index (χ2v) is 8.32. The standard InChI is InChI=1S/C26H22BrN3O5/c1-3-34-24-12-19(23(27)14-25(24)35-16-18-7-4-6-17(2)10-18)11-20(15-28)26(31)29-21-8-5-9-22(13-21)30(32)33/h4-14H,3,16H2,1-2H3,(H,29,31)/b20-11+. The number of benzene rings is 3. The molecule has 0 fully saturated rings. The molecule has 0 heterocycles. The van der Waals surface area contributed by atoms with E-state index in [2.05, 4.69) is 21.2 Å². The van der Waals surface area contributed by atoms with E-state index in [1.807, 2.05) is 44.2 Å². The highest BCUT2D eigenvalue weighted by molar-refractivity contribution is 9.10. The van der Waals surface area contributed by atoms with Crippen molar-refractivity contribution in [3.8, 4) is 17.6 Å². The van der Waals surface area contributed by atoms with Crippen molar-refractivity contribution in [2.45, 2.75) is 20.5 Å². The summed E-state index contributed by atoms with van der Waals surface area (Å²) in [4.78, 5) is 23.1. The fraction of sp³-hybridized carbons (Fsp3) is 0.154. The van der Waals surface area contributed by atoms with Gasteiger partial charge in [0.25, 0.3) is 11.6 Å². The quantitative estimate of drug-likeness (QED) is 0.151. The molecule has 1 N–H and O–H groups in total. The molecule has 1 amide bonds. The second-order valence-electron chi connectivity index (χ2n) is 7.46. The summed E-state index contributed by atoms with van der Waals surface area (Å²) >= 11 is 3.47. The Morgan fingerprint density at radius 1 is 1.14 bits per heavy atom. The van der Waals surface area contributed by atoms with Gasteiger partial charge in [0.1, 0.15) is 18.2 Å². The lowest BCUT2D eigenvalue weighted by atomic mass is 10.1. The van der Waals surface area contributed by atoms with Crippen LogP contribution in [-0.2, 0) is 11.4 Å². The molecule has 3 aromatic rings. The van der Waals surface area contributed by atoms with Gasteiger partial charge in [-0.2, -0.15) is 5.26 Å². The van der Waals surface area contributed by atoms with Crippen molar-refractivity contribution in [3.63, 3.8) is 0 Å². The molecule has 178 valence electrons. The Hall–Kier alpha value is -4.16. The molecule has 0 radical (unpaired) electrons. The van der Waals surface area contributed by atoms with Crippen LogP contribution in [0.2, 0.25) is 0 Å². The molecule has 0 aliphatic carbocycles. The van der Waals surface area contributed by atoms with E-state index in [0.717, 1.165) is 11.1 Å². The third kappa shape index (κ3) is 6.91. The number of carbonyl (C=O) groups is 1. The van der Waals surface area contributed by atoms with Gasteiger partial charge >= 0.3 is 0 Å². The van der Waals surface area contributed by atoms with Crippen molar-refractivity contribution >= 4 is 39.3 Å². The van der Waals surface area contributed by atoms with E-state index in [1.54, 1.807) is 12.1 Å². The molecule has 3 aromatic carbocycles. The van der Waals surface area contributed by atoms with Gasteiger partial charge in [0.2, 0.25) is 0 Å². The maximum absolute atomic E-state index is 12.7. The van der Waals surface area contributed by atoms with Gasteiger partial charge in [-0.25, -0.2) is 0 Å². The highest BCUT2D eigenvalue weighted by Crippen LogP contribution is 2.35. The Labute approximate surface area is 211 Å². The van der Waals surface area contributed by atoms with Crippen molar-refractivity contribution in [2.24, 2.45) is 0 Å². The van der Waals surface area contributed by atoms with Gasteiger partial charge < -0.3 is 14.8 Å². The molecule has 0 spiro atoms. The lowest BCUT2D eigenvalue weighted by molar-refractivity contribution is -0.384. The lowest BCUT2D eigenvalue weighted by Gasteiger charge is -2.14. The molecule has 35 heavy (non-hydrogen) atoms. The monoisotopic (exact) mass is 535 g/mol. The van der Waals surface area contributed by atoms with Gasteiger partial charge in [-0.1, -0.05) is 51.8 Å². The van der Waals surface area contributed by atoms with E-state index in [1.165, 1.54) is 30.3 Å². The number of nitro benzene ring substituents is 1. The van der Waals surface area contributed by atoms with E-state index in [0.29, 0.717) is 34.7 Å². The van der Waals surface area contributed by atoms with Gasteiger partial charge in [-0.05, 0) is 49.2 Å². The Kier molecular flexibility index (Phi) is 8.59. The summed E-state index contributed by atoms with van der Waals surface area (Å²) in [6, 6.07) is 18.7. The first-order valence-corrected chi connectivity index (χ1v) is 11.4. The highest BCUT2D eigenvalue weighted by Gasteiger charge is 2.15. The predicted molar refractivity (Wildman–Crippen MR) is 136 cm³/mol. The molecule has 0 unspecified atom stereocenters. The molecule has 0 saturated heterocycles. The number of nitrogens with one attached hydrogen (secondary N) is 1. The molecular formula is C26H22BrN3O5. The molecule has 0 aliphatic rings. The van der Waals surface area contributed by atoms with Crippen LogP contribution in [0, 0.1) is 28.4 Å². The largest absolute Gasteiger partial charge is 0.490 e. The smallest absolute Gasteiger partial charge is 0.271 e. The number of carbonyl (C=O) groups excluding carboxylic acids is 1. The van der Waals surface area contributed by atoms with Gasteiger partial charge in [-0.3, -0.25) is 14.9 Å². The van der Waals surface area contributed by atoms with Crippen molar-refractivity contribution in [1.29, 1.82) is 5.26 Å². The zero-order chi connectivity index (χ0) is 25.4. The minimum absolute atomic E-state index is 0.171. The third-order valence-electron chi connectivity index (χ3n) is 4.82. The average molecular weight is 536 g/mol. The van der Waals surface area contributed by atoms with Crippen LogP contribution < -0.4 is 14.8 Å². The Bertz CT molecular complexity index is 1330. The number of anilines is 1. The molecular weight excluding hydrogens is 514 g/mol. The summed E-state index contributed by atoms with van der Waals surface area (Å²) < 4.78 is 12.3. The van der Waals surface area contributed by atoms with Crippen LogP contribution in [0.1, 0.15) is 23.6 Å². The van der Waals surface area contributed by atoms with E-state index in [4.69, 9.17) is 9.47 Å². The van der Waals surface area contributed by atoms with Crippen LogP contribution in [0.5, 0.6) is 11.5 Å². The highest BCUT2D eigenvalue weighted by atomic mass is 79.9. The first kappa shape index (κ1) is 25.5. The lowest BCUT2D eigenvalue weighted by Crippen LogP contribution is -2.13. The van der Waals surface area contributed by atoms with Crippen LogP contribution in [0.4, 0.5) is 11.4 Å². The Morgan fingerprint density at radius 2 is 1.89 bits per heavy atom. The summed E-state index contributed by atoms with van der Waals surface area (Å²) in [5.74, 6) is 0.278. The normalized spacial score (nSPS) is 10.9. The molecule has 0 aromatic heterocycles. The Balaban J connectivity index is 1.85. The number of halogens is 1. The summed E-state index contributed by atoms with van der Waals surface area (Å²) in [7, 11) is 0. The number of amides is 1. The van der Waals surface area contributed by atoms with E-state index in [-0.39, 0.29) is 16.9 Å². The number of aryl methyl sites for hydroxylation is 1. The van der Waals surface area contributed by atoms with Gasteiger partial charge in [0.05, 0.1) is 11.5 Å². The van der Waals surface area contributed by atoms with Gasteiger partial charge in [0.15, 0.2) is 11.5 Å². The van der Waals surface area contributed by atoms with Crippen molar-refractivity contribution in [3.05, 3.63) is 97.5 Å². The molecule has 0 aliphatic heterocycles. The number of ether oxygens (including phenoxy) is 2. The maximum atomic E-state index is 12.7. The molecule has 0 saturated carbocycles. The number of hydrogen-bond donors (Lipinski definition) is 1. The zero-order valence-corrected chi connectivity index (χ0v) is 20.7. The fourth-order valence-corrected chi connectivity index (χ4v) is 3.64. The van der Waals surface area contributed by atoms with Crippen molar-refractivity contribution in [1.82, 2.24) is 0 Å². The first-order chi connectivity index (χ1) is 16.8. The van der Waals surface area contributed by atoms with Gasteiger partial charge in [-0.15, -0.1) is 0 Å². The molecule has 9 heteroatoms.